The standard InChI is InChI=1S/C17H25F2N3O4/c1-17(2)10-21(5-4-15(17)20)8-11-6-13(25-3)14(26-9-16(18)19)7-12(11)22(23)24/h6-7,15-16H,4-5,8-10,20H2,1-3H3. The molecule has 0 radical (unpaired) electrons. The van der Waals surface area contributed by atoms with Crippen molar-refractivity contribution in [1.29, 1.82) is 0 Å². The Kier molecular flexibility index (Phi) is 6.35. The summed E-state index contributed by atoms with van der Waals surface area (Å²) in [6.07, 6.45) is -1.88. The molecule has 2 N–H and O–H groups in total. The fraction of sp³-hybridized carbons (Fsp3) is 0.647. The van der Waals surface area contributed by atoms with Crippen LogP contribution in [-0.2, 0) is 6.54 Å². The molecule has 0 aliphatic carbocycles. The molecule has 1 heterocycles. The third kappa shape index (κ3) is 4.79. The van der Waals surface area contributed by atoms with Crippen molar-refractivity contribution in [3.8, 4) is 11.5 Å². The second-order valence-electron chi connectivity index (χ2n) is 7.19. The van der Waals surface area contributed by atoms with Crippen molar-refractivity contribution >= 4 is 5.69 Å². The quantitative estimate of drug-likeness (QED) is 0.584. The van der Waals surface area contributed by atoms with Crippen LogP contribution in [0, 0.1) is 15.5 Å². The second-order valence-corrected chi connectivity index (χ2v) is 7.19. The maximum atomic E-state index is 12.4. The van der Waals surface area contributed by atoms with Gasteiger partial charge in [0, 0.05) is 31.2 Å². The number of nitro benzene ring substituents is 1. The summed E-state index contributed by atoms with van der Waals surface area (Å²) in [4.78, 5) is 13.0. The third-order valence-electron chi connectivity index (χ3n) is 4.71. The van der Waals surface area contributed by atoms with Gasteiger partial charge in [0.05, 0.1) is 18.1 Å². The highest BCUT2D eigenvalue weighted by molar-refractivity contribution is 5.54. The topological polar surface area (TPSA) is 90.9 Å². The molecule has 146 valence electrons. The number of nitrogens with two attached hydrogens (primary N) is 1. The highest BCUT2D eigenvalue weighted by Gasteiger charge is 2.34. The summed E-state index contributed by atoms with van der Waals surface area (Å²) < 4.78 is 34.9. The molecular weight excluding hydrogens is 348 g/mol. The van der Waals surface area contributed by atoms with Gasteiger partial charge in [-0.15, -0.1) is 0 Å². The zero-order valence-corrected chi connectivity index (χ0v) is 15.2. The molecule has 2 rings (SSSR count). The minimum absolute atomic E-state index is 0.0655. The minimum Gasteiger partial charge on any atom is -0.493 e. The molecule has 1 aliphatic heterocycles. The maximum absolute atomic E-state index is 12.4. The first-order chi connectivity index (χ1) is 12.1. The van der Waals surface area contributed by atoms with Crippen LogP contribution in [0.15, 0.2) is 12.1 Å². The van der Waals surface area contributed by atoms with E-state index in [0.717, 1.165) is 19.0 Å². The molecule has 0 spiro atoms. The highest BCUT2D eigenvalue weighted by atomic mass is 19.3. The van der Waals surface area contributed by atoms with Gasteiger partial charge in [0.25, 0.3) is 12.1 Å². The van der Waals surface area contributed by atoms with Crippen molar-refractivity contribution in [3.63, 3.8) is 0 Å². The van der Waals surface area contributed by atoms with Crippen LogP contribution in [0.3, 0.4) is 0 Å². The van der Waals surface area contributed by atoms with Crippen molar-refractivity contribution in [3.05, 3.63) is 27.8 Å². The van der Waals surface area contributed by atoms with Crippen LogP contribution in [0.25, 0.3) is 0 Å². The summed E-state index contributed by atoms with van der Waals surface area (Å²) in [5.41, 5.74) is 6.31. The minimum atomic E-state index is -2.68. The maximum Gasteiger partial charge on any atom is 0.277 e. The highest BCUT2D eigenvalue weighted by Crippen LogP contribution is 2.37. The van der Waals surface area contributed by atoms with E-state index in [1.165, 1.54) is 13.2 Å². The molecule has 0 amide bonds. The summed E-state index contributed by atoms with van der Waals surface area (Å²) in [6, 6.07) is 2.71. The number of likely N-dealkylation sites (tertiary alicyclic amines) is 1. The number of methoxy groups -OCH3 is 1. The van der Waals surface area contributed by atoms with Crippen LogP contribution in [0.2, 0.25) is 0 Å². The lowest BCUT2D eigenvalue weighted by Crippen LogP contribution is -2.52. The molecule has 1 saturated heterocycles. The summed E-state index contributed by atoms with van der Waals surface area (Å²) in [6.45, 7) is 5.06. The van der Waals surface area contributed by atoms with Gasteiger partial charge in [-0.3, -0.25) is 15.0 Å². The van der Waals surface area contributed by atoms with Crippen LogP contribution in [0.1, 0.15) is 25.8 Å². The lowest BCUT2D eigenvalue weighted by molar-refractivity contribution is -0.385. The predicted molar refractivity (Wildman–Crippen MR) is 92.8 cm³/mol. The van der Waals surface area contributed by atoms with Gasteiger partial charge in [0.2, 0.25) is 0 Å². The Bertz CT molecular complexity index is 655. The van der Waals surface area contributed by atoms with Crippen molar-refractivity contribution in [2.75, 3.05) is 26.8 Å². The molecular formula is C17H25F2N3O4. The van der Waals surface area contributed by atoms with Gasteiger partial charge in [0.15, 0.2) is 11.5 Å². The first-order valence-corrected chi connectivity index (χ1v) is 8.38. The van der Waals surface area contributed by atoms with E-state index in [2.05, 4.69) is 18.7 Å². The number of nitro groups is 1. The molecule has 1 fully saturated rings. The Labute approximate surface area is 151 Å². The van der Waals surface area contributed by atoms with E-state index in [0.29, 0.717) is 18.7 Å². The smallest absolute Gasteiger partial charge is 0.277 e. The van der Waals surface area contributed by atoms with Gasteiger partial charge >= 0.3 is 0 Å². The Morgan fingerprint density at radius 1 is 1.42 bits per heavy atom. The van der Waals surface area contributed by atoms with Crippen molar-refractivity contribution < 1.29 is 23.2 Å². The number of halogens is 2. The Hall–Kier alpha value is -2.00. The van der Waals surface area contributed by atoms with E-state index in [1.54, 1.807) is 0 Å². The molecule has 1 atom stereocenters. The fourth-order valence-electron chi connectivity index (χ4n) is 3.17. The van der Waals surface area contributed by atoms with Gasteiger partial charge in [-0.1, -0.05) is 13.8 Å². The van der Waals surface area contributed by atoms with Gasteiger partial charge in [-0.2, -0.15) is 0 Å². The average molecular weight is 373 g/mol. The van der Waals surface area contributed by atoms with Gasteiger partial charge in [-0.25, -0.2) is 8.78 Å². The van der Waals surface area contributed by atoms with Crippen molar-refractivity contribution in [2.24, 2.45) is 11.1 Å². The first kappa shape index (κ1) is 20.3. The fourth-order valence-corrected chi connectivity index (χ4v) is 3.17. The SMILES string of the molecule is COc1cc(CN2CCC(N)C(C)(C)C2)c([N+](=O)[O-])cc1OCC(F)F. The number of hydrogen-bond acceptors (Lipinski definition) is 6. The van der Waals surface area contributed by atoms with E-state index in [9.17, 15) is 18.9 Å². The average Bonchev–Trinajstić information content (AvgIpc) is 2.55. The normalized spacial score (nSPS) is 20.2. The number of hydrogen-bond donors (Lipinski definition) is 1. The number of alkyl halides is 2. The van der Waals surface area contributed by atoms with Gasteiger partial charge in [0.1, 0.15) is 6.61 Å². The summed E-state index contributed by atoms with van der Waals surface area (Å²) in [5, 5.41) is 11.5. The molecule has 26 heavy (non-hydrogen) atoms. The van der Waals surface area contributed by atoms with Crippen LogP contribution < -0.4 is 15.2 Å². The molecule has 9 heteroatoms. The van der Waals surface area contributed by atoms with Crippen LogP contribution in [0.5, 0.6) is 11.5 Å². The number of ether oxygens (including phenoxy) is 2. The van der Waals surface area contributed by atoms with E-state index < -0.39 is 18.0 Å². The number of piperidine rings is 1. The second kappa shape index (κ2) is 8.13. The monoisotopic (exact) mass is 373 g/mol. The number of nitrogens with zero attached hydrogens (tertiary/aromatic N) is 2. The van der Waals surface area contributed by atoms with Gasteiger partial charge < -0.3 is 15.2 Å². The number of rotatable bonds is 7. The lowest BCUT2D eigenvalue weighted by Gasteiger charge is -2.42. The molecule has 7 nitrogen and oxygen atoms in total. The first-order valence-electron chi connectivity index (χ1n) is 8.38. The van der Waals surface area contributed by atoms with E-state index in [-0.39, 0.29) is 28.6 Å². The largest absolute Gasteiger partial charge is 0.493 e. The number of benzene rings is 1. The molecule has 1 aromatic rings. The van der Waals surface area contributed by atoms with Crippen molar-refractivity contribution in [1.82, 2.24) is 4.90 Å². The van der Waals surface area contributed by atoms with E-state index in [4.69, 9.17) is 15.2 Å². The molecule has 1 aliphatic rings. The summed E-state index contributed by atoms with van der Waals surface area (Å²) >= 11 is 0. The molecule has 1 aromatic carbocycles. The van der Waals surface area contributed by atoms with E-state index >= 15 is 0 Å². The molecule has 0 saturated carbocycles. The van der Waals surface area contributed by atoms with Crippen LogP contribution >= 0.6 is 0 Å². The van der Waals surface area contributed by atoms with Gasteiger partial charge in [-0.05, 0) is 17.9 Å². The molecule has 0 bridgehead atoms. The predicted octanol–water partition coefficient (Wildman–Crippen LogP) is 2.81. The third-order valence-corrected chi connectivity index (χ3v) is 4.71. The van der Waals surface area contributed by atoms with Crippen molar-refractivity contribution in [2.45, 2.75) is 39.3 Å². The van der Waals surface area contributed by atoms with E-state index in [1.807, 2.05) is 0 Å². The Morgan fingerprint density at radius 2 is 2.12 bits per heavy atom. The Balaban J connectivity index is 2.28. The lowest BCUT2D eigenvalue weighted by atomic mass is 9.79. The zero-order chi connectivity index (χ0) is 19.5. The summed E-state index contributed by atoms with van der Waals surface area (Å²) in [7, 11) is 1.36. The summed E-state index contributed by atoms with van der Waals surface area (Å²) in [5.74, 6) is 0.128. The molecule has 1 unspecified atom stereocenters. The zero-order valence-electron chi connectivity index (χ0n) is 15.2. The van der Waals surface area contributed by atoms with Crippen LogP contribution in [-0.4, -0.2) is 49.1 Å². The van der Waals surface area contributed by atoms with Crippen LogP contribution in [0.4, 0.5) is 14.5 Å². The molecule has 0 aromatic heterocycles. The Morgan fingerprint density at radius 3 is 2.65 bits per heavy atom.